The number of benzene rings is 2. The maximum absolute atomic E-state index is 12.6. The SMILES string of the molecule is COC(=O)c1ccc(NC(=O)CSc2nnc([C@@H](CO)NC(=O)c3ccc(OC)cc3)n2C)cc1. The fourth-order valence-corrected chi connectivity index (χ4v) is 3.78. The van der Waals surface area contributed by atoms with E-state index in [4.69, 9.17) is 4.74 Å². The highest BCUT2D eigenvalue weighted by Crippen LogP contribution is 2.20. The first-order chi connectivity index (χ1) is 16.9. The number of hydrogen-bond donors (Lipinski definition) is 3. The standard InChI is InChI=1S/C23H25N5O6S/c1-28-20(18(12-29)25-21(31)14-6-10-17(33-2)11-7-14)26-27-23(28)35-13-19(30)24-16-8-4-15(5-9-16)22(32)34-3/h4-11,18,29H,12-13H2,1-3H3,(H,24,30)(H,25,31)/t18-/m1/s1. The Hall–Kier alpha value is -3.90. The summed E-state index contributed by atoms with van der Waals surface area (Å²) in [5, 5.41) is 23.9. The van der Waals surface area contributed by atoms with Crippen molar-refractivity contribution in [2.45, 2.75) is 11.2 Å². The Morgan fingerprint density at radius 3 is 2.29 bits per heavy atom. The highest BCUT2D eigenvalue weighted by atomic mass is 32.2. The van der Waals surface area contributed by atoms with Gasteiger partial charge in [-0.25, -0.2) is 4.79 Å². The first-order valence-electron chi connectivity index (χ1n) is 10.4. The van der Waals surface area contributed by atoms with Gasteiger partial charge in [0, 0.05) is 18.3 Å². The van der Waals surface area contributed by atoms with Crippen molar-refractivity contribution in [1.29, 1.82) is 0 Å². The van der Waals surface area contributed by atoms with Crippen LogP contribution in [0.1, 0.15) is 32.6 Å². The molecule has 0 unspecified atom stereocenters. The van der Waals surface area contributed by atoms with Crippen molar-refractivity contribution in [3.8, 4) is 5.75 Å². The van der Waals surface area contributed by atoms with Gasteiger partial charge >= 0.3 is 5.97 Å². The van der Waals surface area contributed by atoms with Gasteiger partial charge < -0.3 is 29.8 Å². The minimum atomic E-state index is -0.793. The molecule has 0 radical (unpaired) electrons. The largest absolute Gasteiger partial charge is 0.497 e. The highest BCUT2D eigenvalue weighted by Gasteiger charge is 2.22. The number of thioether (sulfide) groups is 1. The molecule has 35 heavy (non-hydrogen) atoms. The number of nitrogens with one attached hydrogen (secondary N) is 2. The van der Waals surface area contributed by atoms with Crippen LogP contribution in [0.25, 0.3) is 0 Å². The first kappa shape index (κ1) is 25.7. The zero-order valence-electron chi connectivity index (χ0n) is 19.3. The van der Waals surface area contributed by atoms with Gasteiger partial charge in [-0.3, -0.25) is 9.59 Å². The Bertz CT molecular complexity index is 1180. The molecule has 0 saturated carbocycles. The van der Waals surface area contributed by atoms with Crippen LogP contribution in [0.5, 0.6) is 5.75 Å². The Labute approximate surface area is 205 Å². The number of esters is 1. The fraction of sp³-hybridized carbons (Fsp3) is 0.261. The van der Waals surface area contributed by atoms with Crippen LogP contribution in [0.4, 0.5) is 5.69 Å². The molecule has 184 valence electrons. The summed E-state index contributed by atoms with van der Waals surface area (Å²) in [5.74, 6) is -0.114. The lowest BCUT2D eigenvalue weighted by Crippen LogP contribution is -2.32. The van der Waals surface area contributed by atoms with Crippen molar-refractivity contribution in [1.82, 2.24) is 20.1 Å². The minimum absolute atomic E-state index is 0.0483. The average Bonchev–Trinajstić information content (AvgIpc) is 3.25. The van der Waals surface area contributed by atoms with Crippen LogP contribution < -0.4 is 15.4 Å². The van der Waals surface area contributed by atoms with E-state index in [-0.39, 0.29) is 24.2 Å². The van der Waals surface area contributed by atoms with Crippen LogP contribution in [0, 0.1) is 0 Å². The summed E-state index contributed by atoms with van der Waals surface area (Å²) in [6, 6.07) is 12.1. The van der Waals surface area contributed by atoms with E-state index in [0.717, 1.165) is 11.8 Å². The Morgan fingerprint density at radius 1 is 1.03 bits per heavy atom. The van der Waals surface area contributed by atoms with E-state index in [0.29, 0.717) is 33.5 Å². The lowest BCUT2D eigenvalue weighted by molar-refractivity contribution is -0.113. The molecular weight excluding hydrogens is 474 g/mol. The quantitative estimate of drug-likeness (QED) is 0.281. The minimum Gasteiger partial charge on any atom is -0.497 e. The van der Waals surface area contributed by atoms with Gasteiger partial charge in [0.2, 0.25) is 5.91 Å². The maximum Gasteiger partial charge on any atom is 0.337 e. The molecule has 0 aliphatic heterocycles. The lowest BCUT2D eigenvalue weighted by Gasteiger charge is -2.16. The molecule has 3 rings (SSSR count). The molecule has 0 saturated heterocycles. The number of carbonyl (C=O) groups excluding carboxylic acids is 3. The number of aliphatic hydroxyl groups excluding tert-OH is 1. The third-order valence-electron chi connectivity index (χ3n) is 4.94. The second kappa shape index (κ2) is 12.0. The number of anilines is 1. The van der Waals surface area contributed by atoms with Crippen molar-refractivity contribution in [2.75, 3.05) is 31.9 Å². The predicted molar refractivity (Wildman–Crippen MR) is 128 cm³/mol. The molecule has 2 amide bonds. The normalized spacial score (nSPS) is 11.4. The number of rotatable bonds is 10. The third-order valence-corrected chi connectivity index (χ3v) is 5.96. The molecule has 2 aromatic carbocycles. The molecule has 1 aromatic heterocycles. The number of hydrogen-bond acceptors (Lipinski definition) is 9. The Kier molecular flexibility index (Phi) is 8.81. The summed E-state index contributed by atoms with van der Waals surface area (Å²) in [6.45, 7) is -0.388. The summed E-state index contributed by atoms with van der Waals surface area (Å²) in [5.41, 5.74) is 1.31. The summed E-state index contributed by atoms with van der Waals surface area (Å²) >= 11 is 1.15. The number of aliphatic hydroxyl groups is 1. The van der Waals surface area contributed by atoms with Crippen LogP contribution in [-0.2, 0) is 16.6 Å². The highest BCUT2D eigenvalue weighted by molar-refractivity contribution is 7.99. The molecule has 1 atom stereocenters. The molecular formula is C23H25N5O6S. The van der Waals surface area contributed by atoms with E-state index < -0.39 is 12.0 Å². The monoisotopic (exact) mass is 499 g/mol. The summed E-state index contributed by atoms with van der Waals surface area (Å²) in [6.07, 6.45) is 0. The number of carbonyl (C=O) groups is 3. The van der Waals surface area contributed by atoms with Crippen molar-refractivity contribution in [2.24, 2.45) is 7.05 Å². The smallest absolute Gasteiger partial charge is 0.337 e. The first-order valence-corrected chi connectivity index (χ1v) is 11.4. The molecule has 0 aliphatic rings. The lowest BCUT2D eigenvalue weighted by atomic mass is 10.2. The van der Waals surface area contributed by atoms with Gasteiger partial charge in [0.15, 0.2) is 11.0 Å². The zero-order valence-corrected chi connectivity index (χ0v) is 20.2. The predicted octanol–water partition coefficient (Wildman–Crippen LogP) is 1.80. The molecule has 0 fully saturated rings. The number of amides is 2. The number of methoxy groups -OCH3 is 2. The van der Waals surface area contributed by atoms with Crippen LogP contribution in [0.3, 0.4) is 0 Å². The van der Waals surface area contributed by atoms with Gasteiger partial charge in [0.05, 0.1) is 32.1 Å². The summed E-state index contributed by atoms with van der Waals surface area (Å²) < 4.78 is 11.3. The maximum atomic E-state index is 12.6. The fourth-order valence-electron chi connectivity index (χ4n) is 3.07. The van der Waals surface area contributed by atoms with Gasteiger partial charge in [-0.15, -0.1) is 10.2 Å². The summed E-state index contributed by atoms with van der Waals surface area (Å²) in [7, 11) is 4.52. The van der Waals surface area contributed by atoms with E-state index >= 15 is 0 Å². The topological polar surface area (TPSA) is 145 Å². The van der Waals surface area contributed by atoms with E-state index in [1.54, 1.807) is 60.1 Å². The number of ether oxygens (including phenoxy) is 2. The van der Waals surface area contributed by atoms with E-state index in [9.17, 15) is 19.5 Å². The average molecular weight is 500 g/mol. The van der Waals surface area contributed by atoms with Gasteiger partial charge in [0.25, 0.3) is 5.91 Å². The third kappa shape index (κ3) is 6.58. The van der Waals surface area contributed by atoms with Crippen molar-refractivity contribution in [3.05, 3.63) is 65.5 Å². The molecule has 12 heteroatoms. The molecule has 0 bridgehead atoms. The van der Waals surface area contributed by atoms with Gasteiger partial charge in [-0.2, -0.15) is 0 Å². The molecule has 3 N–H and O–H groups in total. The van der Waals surface area contributed by atoms with E-state index in [1.807, 2.05) is 0 Å². The van der Waals surface area contributed by atoms with Crippen molar-refractivity contribution in [3.63, 3.8) is 0 Å². The number of nitrogens with zero attached hydrogens (tertiary/aromatic N) is 3. The molecule has 1 heterocycles. The van der Waals surface area contributed by atoms with Gasteiger partial charge in [-0.1, -0.05) is 11.8 Å². The second-order valence-corrected chi connectivity index (χ2v) is 8.19. The van der Waals surface area contributed by atoms with Crippen LogP contribution in [0.2, 0.25) is 0 Å². The molecule has 0 spiro atoms. The van der Waals surface area contributed by atoms with Gasteiger partial charge in [0.1, 0.15) is 11.8 Å². The van der Waals surface area contributed by atoms with E-state index in [2.05, 4.69) is 25.6 Å². The van der Waals surface area contributed by atoms with Gasteiger partial charge in [-0.05, 0) is 48.5 Å². The van der Waals surface area contributed by atoms with Crippen molar-refractivity contribution < 1.29 is 29.0 Å². The number of aromatic nitrogens is 3. The van der Waals surface area contributed by atoms with E-state index in [1.165, 1.54) is 14.2 Å². The Morgan fingerprint density at radius 2 is 1.69 bits per heavy atom. The molecule has 11 nitrogen and oxygen atoms in total. The second-order valence-electron chi connectivity index (χ2n) is 7.24. The Balaban J connectivity index is 1.58. The van der Waals surface area contributed by atoms with Crippen LogP contribution in [0.15, 0.2) is 53.7 Å². The molecule has 0 aliphatic carbocycles. The van der Waals surface area contributed by atoms with Crippen LogP contribution in [-0.4, -0.2) is 64.2 Å². The van der Waals surface area contributed by atoms with Crippen molar-refractivity contribution >= 4 is 35.2 Å². The van der Waals surface area contributed by atoms with Crippen LogP contribution >= 0.6 is 11.8 Å². The summed E-state index contributed by atoms with van der Waals surface area (Å²) in [4.78, 5) is 36.4. The molecule has 3 aromatic rings. The zero-order chi connectivity index (χ0) is 25.4.